The van der Waals surface area contributed by atoms with Crippen LogP contribution < -0.4 is 5.32 Å². The number of aromatic nitrogens is 1. The van der Waals surface area contributed by atoms with Gasteiger partial charge in [-0.05, 0) is 42.7 Å². The van der Waals surface area contributed by atoms with E-state index in [2.05, 4.69) is 21.3 Å². The lowest BCUT2D eigenvalue weighted by molar-refractivity contribution is 0.0909. The van der Waals surface area contributed by atoms with Gasteiger partial charge in [-0.25, -0.2) is 4.39 Å². The maximum absolute atomic E-state index is 13.2. The number of carbonyl (C=O) groups is 1. The van der Waals surface area contributed by atoms with Crippen LogP contribution >= 0.6 is 11.6 Å². The Labute approximate surface area is 145 Å². The van der Waals surface area contributed by atoms with Crippen LogP contribution in [0, 0.1) is 5.82 Å². The summed E-state index contributed by atoms with van der Waals surface area (Å²) < 4.78 is 13.2. The van der Waals surface area contributed by atoms with Gasteiger partial charge in [0.1, 0.15) is 5.82 Å². The molecule has 1 fully saturated rings. The maximum Gasteiger partial charge on any atom is 0.251 e. The molecule has 1 aromatic carbocycles. The molecule has 2 heterocycles. The molecule has 1 saturated heterocycles. The lowest BCUT2D eigenvalue weighted by Crippen LogP contribution is -2.44. The normalized spacial score (nSPS) is 16.1. The molecular weight excluding hydrogens is 329 g/mol. The molecule has 0 unspecified atom stereocenters. The van der Waals surface area contributed by atoms with Crippen molar-refractivity contribution in [1.82, 2.24) is 15.2 Å². The van der Waals surface area contributed by atoms with E-state index in [0.29, 0.717) is 5.56 Å². The first-order valence-corrected chi connectivity index (χ1v) is 8.37. The summed E-state index contributed by atoms with van der Waals surface area (Å²) in [5, 5.41) is 2.97. The van der Waals surface area contributed by atoms with Gasteiger partial charge in [-0.15, -0.1) is 0 Å². The molecule has 1 aromatic heterocycles. The molecule has 6 heteroatoms. The minimum absolute atomic E-state index is 0.0334. The summed E-state index contributed by atoms with van der Waals surface area (Å²) in [6.45, 7) is 2.72. The highest BCUT2D eigenvalue weighted by molar-refractivity contribution is 6.31. The number of halogens is 2. The third-order valence-electron chi connectivity index (χ3n) is 4.23. The number of benzene rings is 1. The van der Waals surface area contributed by atoms with E-state index in [1.165, 1.54) is 23.8 Å². The van der Waals surface area contributed by atoms with Crippen LogP contribution in [0.15, 0.2) is 42.7 Å². The molecule has 24 heavy (non-hydrogen) atoms. The Hall–Kier alpha value is -1.98. The highest BCUT2D eigenvalue weighted by Crippen LogP contribution is 2.17. The quantitative estimate of drug-likeness (QED) is 0.923. The van der Waals surface area contributed by atoms with Gasteiger partial charge in [0, 0.05) is 43.6 Å². The van der Waals surface area contributed by atoms with Crippen LogP contribution in [0.4, 0.5) is 4.39 Å². The van der Waals surface area contributed by atoms with E-state index in [0.717, 1.165) is 32.5 Å². The van der Waals surface area contributed by atoms with Crippen molar-refractivity contribution in [2.24, 2.45) is 0 Å². The van der Waals surface area contributed by atoms with Crippen molar-refractivity contribution >= 4 is 17.5 Å². The number of pyridine rings is 1. The van der Waals surface area contributed by atoms with Crippen molar-refractivity contribution in [3.8, 4) is 0 Å². The lowest BCUT2D eigenvalue weighted by atomic mass is 10.0. The topological polar surface area (TPSA) is 45.2 Å². The van der Waals surface area contributed by atoms with E-state index in [4.69, 9.17) is 11.6 Å². The summed E-state index contributed by atoms with van der Waals surface area (Å²) >= 11 is 5.73. The Morgan fingerprint density at radius 3 is 2.79 bits per heavy atom. The zero-order valence-electron chi connectivity index (χ0n) is 13.2. The molecule has 0 spiro atoms. The highest BCUT2D eigenvalue weighted by Gasteiger charge is 2.21. The minimum atomic E-state index is -0.517. The molecule has 0 atom stereocenters. The number of hydrogen-bond acceptors (Lipinski definition) is 3. The second-order valence-electron chi connectivity index (χ2n) is 6.01. The van der Waals surface area contributed by atoms with Crippen LogP contribution in [0.1, 0.15) is 28.8 Å². The summed E-state index contributed by atoms with van der Waals surface area (Å²) in [6, 6.07) is 8.17. The molecule has 0 bridgehead atoms. The maximum atomic E-state index is 13.2. The number of likely N-dealkylation sites (tertiary alicyclic amines) is 1. The fourth-order valence-electron chi connectivity index (χ4n) is 2.89. The zero-order valence-corrected chi connectivity index (χ0v) is 14.0. The van der Waals surface area contributed by atoms with Crippen LogP contribution in [0.2, 0.25) is 5.02 Å². The summed E-state index contributed by atoms with van der Waals surface area (Å²) in [5.41, 5.74) is 1.58. The standard InChI is InChI=1S/C18H19ClFN3O/c19-16-10-14(3-4-17(16)20)18(24)22-15-5-8-23(9-6-15)12-13-2-1-7-21-11-13/h1-4,7,10-11,15H,5-6,8-9,12H2,(H,22,24). The Bertz CT molecular complexity index is 703. The van der Waals surface area contributed by atoms with Crippen molar-refractivity contribution in [1.29, 1.82) is 0 Å². The van der Waals surface area contributed by atoms with E-state index in [-0.39, 0.29) is 17.0 Å². The van der Waals surface area contributed by atoms with Crippen molar-refractivity contribution in [2.45, 2.75) is 25.4 Å². The number of rotatable bonds is 4. The molecule has 1 amide bonds. The molecule has 126 valence electrons. The van der Waals surface area contributed by atoms with Crippen LogP contribution in [0.25, 0.3) is 0 Å². The van der Waals surface area contributed by atoms with Gasteiger partial charge in [-0.3, -0.25) is 14.7 Å². The zero-order chi connectivity index (χ0) is 16.9. The third kappa shape index (κ3) is 4.30. The number of nitrogens with zero attached hydrogens (tertiary/aromatic N) is 2. The van der Waals surface area contributed by atoms with Gasteiger partial charge < -0.3 is 5.32 Å². The molecule has 0 aliphatic carbocycles. The van der Waals surface area contributed by atoms with Crippen molar-refractivity contribution in [3.63, 3.8) is 0 Å². The van der Waals surface area contributed by atoms with Gasteiger partial charge in [0.15, 0.2) is 0 Å². The lowest BCUT2D eigenvalue weighted by Gasteiger charge is -2.32. The molecule has 1 N–H and O–H groups in total. The van der Waals surface area contributed by atoms with Crippen molar-refractivity contribution < 1.29 is 9.18 Å². The summed E-state index contributed by atoms with van der Waals surface area (Å²) in [6.07, 6.45) is 5.43. The fraction of sp³-hybridized carbons (Fsp3) is 0.333. The summed E-state index contributed by atoms with van der Waals surface area (Å²) in [5.74, 6) is -0.723. The van der Waals surface area contributed by atoms with E-state index >= 15 is 0 Å². The van der Waals surface area contributed by atoms with E-state index < -0.39 is 5.82 Å². The molecule has 1 aliphatic rings. The molecule has 4 nitrogen and oxygen atoms in total. The van der Waals surface area contributed by atoms with Gasteiger partial charge in [-0.1, -0.05) is 17.7 Å². The third-order valence-corrected chi connectivity index (χ3v) is 4.52. The Morgan fingerprint density at radius 1 is 1.33 bits per heavy atom. The van der Waals surface area contributed by atoms with Crippen molar-refractivity contribution in [2.75, 3.05) is 13.1 Å². The number of nitrogens with one attached hydrogen (secondary N) is 1. The predicted molar refractivity (Wildman–Crippen MR) is 91.4 cm³/mol. The smallest absolute Gasteiger partial charge is 0.251 e. The molecule has 1 aliphatic heterocycles. The largest absolute Gasteiger partial charge is 0.349 e. The van der Waals surface area contributed by atoms with Gasteiger partial charge in [0.05, 0.1) is 5.02 Å². The first kappa shape index (κ1) is 16.9. The van der Waals surface area contributed by atoms with Gasteiger partial charge in [0.25, 0.3) is 5.91 Å². The van der Waals surface area contributed by atoms with E-state index in [9.17, 15) is 9.18 Å². The van der Waals surface area contributed by atoms with E-state index in [1.807, 2.05) is 12.3 Å². The Balaban J connectivity index is 1.50. The van der Waals surface area contributed by atoms with E-state index in [1.54, 1.807) is 6.20 Å². The second-order valence-corrected chi connectivity index (χ2v) is 6.42. The predicted octanol–water partition coefficient (Wildman–Crippen LogP) is 3.27. The van der Waals surface area contributed by atoms with Gasteiger partial charge >= 0.3 is 0 Å². The Morgan fingerprint density at radius 2 is 2.12 bits per heavy atom. The SMILES string of the molecule is O=C(NC1CCN(Cc2cccnc2)CC1)c1ccc(F)c(Cl)c1. The van der Waals surface area contributed by atoms with Crippen LogP contribution in [-0.4, -0.2) is 34.9 Å². The molecule has 2 aromatic rings. The average Bonchev–Trinajstić information content (AvgIpc) is 2.60. The fourth-order valence-corrected chi connectivity index (χ4v) is 3.07. The number of carbonyl (C=O) groups excluding carboxylic acids is 1. The summed E-state index contributed by atoms with van der Waals surface area (Å²) in [4.78, 5) is 18.7. The monoisotopic (exact) mass is 347 g/mol. The minimum Gasteiger partial charge on any atom is -0.349 e. The molecule has 0 saturated carbocycles. The first-order chi connectivity index (χ1) is 11.6. The number of hydrogen-bond donors (Lipinski definition) is 1. The average molecular weight is 348 g/mol. The summed E-state index contributed by atoms with van der Waals surface area (Å²) in [7, 11) is 0. The van der Waals surface area contributed by atoms with Crippen LogP contribution in [0.5, 0.6) is 0 Å². The van der Waals surface area contributed by atoms with Gasteiger partial charge in [0.2, 0.25) is 0 Å². The molecule has 3 rings (SSSR count). The number of amides is 1. The Kier molecular flexibility index (Phi) is 5.43. The first-order valence-electron chi connectivity index (χ1n) is 7.99. The molecule has 0 radical (unpaired) electrons. The van der Waals surface area contributed by atoms with Crippen molar-refractivity contribution in [3.05, 3.63) is 64.7 Å². The second kappa shape index (κ2) is 7.73. The van der Waals surface area contributed by atoms with Crippen LogP contribution in [-0.2, 0) is 6.54 Å². The number of piperidine rings is 1. The highest BCUT2D eigenvalue weighted by atomic mass is 35.5. The van der Waals surface area contributed by atoms with Gasteiger partial charge in [-0.2, -0.15) is 0 Å². The molecular formula is C18H19ClFN3O. The van der Waals surface area contributed by atoms with Crippen LogP contribution in [0.3, 0.4) is 0 Å².